The molecule has 0 aliphatic heterocycles. The van der Waals surface area contributed by atoms with Crippen LogP contribution in [0.25, 0.3) is 80.0 Å². The number of aromatic nitrogens is 1. The fraction of sp³-hybridized carbons (Fsp3) is 0. The molecule has 2 nitrogen and oxygen atoms in total. The van der Waals surface area contributed by atoms with Gasteiger partial charge < -0.3 is 9.47 Å². The number of hydrogen-bond donors (Lipinski definition) is 0. The average Bonchev–Trinajstić information content (AvgIpc) is 3.73. The van der Waals surface area contributed by atoms with Crippen LogP contribution in [0.5, 0.6) is 0 Å². The van der Waals surface area contributed by atoms with Gasteiger partial charge in [0, 0.05) is 53.7 Å². The lowest BCUT2D eigenvalue weighted by Gasteiger charge is -2.26. The van der Waals surface area contributed by atoms with E-state index in [0.29, 0.717) is 0 Å². The number of thiophene rings is 1. The largest absolute Gasteiger partial charge is 0.310 e. The van der Waals surface area contributed by atoms with Crippen molar-refractivity contribution < 1.29 is 0 Å². The molecule has 11 aromatic rings. The first-order valence-electron chi connectivity index (χ1n) is 17.4. The predicted molar refractivity (Wildman–Crippen MR) is 221 cm³/mol. The summed E-state index contributed by atoms with van der Waals surface area (Å²) < 4.78 is 5.01. The van der Waals surface area contributed by atoms with Gasteiger partial charge in [0.05, 0.1) is 11.0 Å². The highest BCUT2D eigenvalue weighted by Gasteiger charge is 2.20. The van der Waals surface area contributed by atoms with Crippen LogP contribution in [-0.2, 0) is 0 Å². The van der Waals surface area contributed by atoms with E-state index in [1.54, 1.807) is 0 Å². The molecule has 0 aliphatic rings. The summed E-state index contributed by atoms with van der Waals surface area (Å²) in [5.74, 6) is 0. The zero-order valence-corrected chi connectivity index (χ0v) is 28.4. The maximum atomic E-state index is 2.44. The number of benzene rings is 9. The first kappa shape index (κ1) is 28.4. The second-order valence-corrected chi connectivity index (χ2v) is 14.4. The lowest BCUT2D eigenvalue weighted by molar-refractivity contribution is 1.18. The molecular formula is C48H30N2S. The molecule has 238 valence electrons. The molecule has 0 saturated heterocycles. The molecule has 0 radical (unpaired) electrons. The molecule has 0 saturated carbocycles. The van der Waals surface area contributed by atoms with E-state index in [0.717, 1.165) is 22.7 Å². The molecule has 0 aliphatic carbocycles. The highest BCUT2D eigenvalue weighted by molar-refractivity contribution is 7.25. The van der Waals surface area contributed by atoms with E-state index in [1.807, 2.05) is 11.3 Å². The molecular weight excluding hydrogens is 637 g/mol. The Hall–Kier alpha value is -6.42. The quantitative estimate of drug-likeness (QED) is 0.170. The number of fused-ring (bicyclic) bond motifs is 12. The topological polar surface area (TPSA) is 8.17 Å². The lowest BCUT2D eigenvalue weighted by atomic mass is 9.94. The van der Waals surface area contributed by atoms with Crippen molar-refractivity contribution in [3.05, 3.63) is 182 Å². The smallest absolute Gasteiger partial charge is 0.0561 e. The third kappa shape index (κ3) is 4.29. The van der Waals surface area contributed by atoms with Crippen molar-refractivity contribution in [3.8, 4) is 5.69 Å². The molecule has 51 heavy (non-hydrogen) atoms. The van der Waals surface area contributed by atoms with Crippen molar-refractivity contribution in [2.24, 2.45) is 0 Å². The first-order valence-corrected chi connectivity index (χ1v) is 18.3. The summed E-state index contributed by atoms with van der Waals surface area (Å²) in [6.07, 6.45) is 0. The molecule has 2 heterocycles. The van der Waals surface area contributed by atoms with E-state index < -0.39 is 0 Å². The zero-order chi connectivity index (χ0) is 33.5. The van der Waals surface area contributed by atoms with Gasteiger partial charge in [-0.3, -0.25) is 0 Å². The minimum Gasteiger partial charge on any atom is -0.310 e. The molecule has 0 unspecified atom stereocenters. The highest BCUT2D eigenvalue weighted by atomic mass is 32.1. The highest BCUT2D eigenvalue weighted by Crippen LogP contribution is 2.44. The number of rotatable bonds is 4. The van der Waals surface area contributed by atoms with E-state index in [9.17, 15) is 0 Å². The summed E-state index contributed by atoms with van der Waals surface area (Å²) in [6, 6.07) is 66.8. The normalized spacial score (nSPS) is 11.9. The molecule has 0 atom stereocenters. The predicted octanol–water partition coefficient (Wildman–Crippen LogP) is 14.1. The van der Waals surface area contributed by atoms with Gasteiger partial charge in [0.25, 0.3) is 0 Å². The van der Waals surface area contributed by atoms with E-state index >= 15 is 0 Å². The van der Waals surface area contributed by atoms with E-state index in [1.165, 1.54) is 74.3 Å². The Morgan fingerprint density at radius 3 is 1.51 bits per heavy atom. The standard InChI is InChI=1S/C48H30N2S/c1-2-12-31(13-3-1)50-45-20-10-8-18-40(45)41-26-23-33(29-46(41)50)49(34-24-27-43-42-19-9-11-21-47(42)51-48(43)30-34)32-22-25-39-37-16-5-4-14-35(37)36-15-6-7-17-38(36)44(39)28-32/h1-30H. The fourth-order valence-corrected chi connectivity index (χ4v) is 9.43. The van der Waals surface area contributed by atoms with E-state index in [4.69, 9.17) is 0 Å². The van der Waals surface area contributed by atoms with Crippen LogP contribution in [0.3, 0.4) is 0 Å². The Kier molecular flexibility index (Phi) is 6.16. The number of para-hydroxylation sites is 2. The number of hydrogen-bond acceptors (Lipinski definition) is 2. The van der Waals surface area contributed by atoms with Crippen molar-refractivity contribution >= 4 is 103 Å². The summed E-state index contributed by atoms with van der Waals surface area (Å²) in [5.41, 5.74) is 6.93. The molecule has 3 heteroatoms. The summed E-state index contributed by atoms with van der Waals surface area (Å²) in [4.78, 5) is 2.44. The Balaban J connectivity index is 1.21. The van der Waals surface area contributed by atoms with Gasteiger partial charge in [-0.25, -0.2) is 0 Å². The van der Waals surface area contributed by atoms with Gasteiger partial charge >= 0.3 is 0 Å². The van der Waals surface area contributed by atoms with Crippen LogP contribution in [0.4, 0.5) is 17.1 Å². The van der Waals surface area contributed by atoms with Gasteiger partial charge in [-0.2, -0.15) is 0 Å². The molecule has 0 bridgehead atoms. The van der Waals surface area contributed by atoms with Gasteiger partial charge in [-0.1, -0.05) is 121 Å². The molecule has 9 aromatic carbocycles. The second-order valence-electron chi connectivity index (χ2n) is 13.3. The Bertz CT molecular complexity index is 3120. The van der Waals surface area contributed by atoms with Crippen LogP contribution in [-0.4, -0.2) is 4.57 Å². The van der Waals surface area contributed by atoms with Gasteiger partial charge in [0.15, 0.2) is 0 Å². The van der Waals surface area contributed by atoms with Crippen LogP contribution in [0.2, 0.25) is 0 Å². The average molecular weight is 667 g/mol. The Morgan fingerprint density at radius 1 is 0.314 bits per heavy atom. The SMILES string of the molecule is c1ccc(-n2c3ccccc3c3ccc(N(c4ccc5c(c4)sc4ccccc45)c4ccc5c6ccccc6c6ccccc6c5c4)cc32)cc1. The van der Waals surface area contributed by atoms with Crippen LogP contribution in [0, 0.1) is 0 Å². The zero-order valence-electron chi connectivity index (χ0n) is 27.6. The van der Waals surface area contributed by atoms with Crippen molar-refractivity contribution in [1.82, 2.24) is 4.57 Å². The third-order valence-electron chi connectivity index (χ3n) is 10.5. The minimum atomic E-state index is 1.12. The van der Waals surface area contributed by atoms with Crippen LogP contribution < -0.4 is 4.90 Å². The molecule has 0 N–H and O–H groups in total. The molecule has 11 rings (SSSR count). The second kappa shape index (κ2) is 11.0. The van der Waals surface area contributed by atoms with E-state index in [-0.39, 0.29) is 0 Å². The van der Waals surface area contributed by atoms with Crippen molar-refractivity contribution in [1.29, 1.82) is 0 Å². The molecule has 0 spiro atoms. The molecule has 2 aromatic heterocycles. The van der Waals surface area contributed by atoms with Gasteiger partial charge in [-0.05, 0) is 93.0 Å². The minimum absolute atomic E-state index is 1.12. The van der Waals surface area contributed by atoms with Crippen molar-refractivity contribution in [3.63, 3.8) is 0 Å². The summed E-state index contributed by atoms with van der Waals surface area (Å²) in [5, 5.41) is 12.8. The van der Waals surface area contributed by atoms with Crippen molar-refractivity contribution in [2.45, 2.75) is 0 Å². The lowest BCUT2D eigenvalue weighted by Crippen LogP contribution is -2.10. The first-order chi connectivity index (χ1) is 25.3. The summed E-state index contributed by atoms with van der Waals surface area (Å²) in [6.45, 7) is 0. The van der Waals surface area contributed by atoms with Crippen LogP contribution in [0.1, 0.15) is 0 Å². The Morgan fingerprint density at radius 2 is 0.784 bits per heavy atom. The Labute approximate surface area is 298 Å². The summed E-state index contributed by atoms with van der Waals surface area (Å²) >= 11 is 1.86. The van der Waals surface area contributed by atoms with Gasteiger partial charge in [-0.15, -0.1) is 11.3 Å². The van der Waals surface area contributed by atoms with Gasteiger partial charge in [0.2, 0.25) is 0 Å². The summed E-state index contributed by atoms with van der Waals surface area (Å²) in [7, 11) is 0. The maximum absolute atomic E-state index is 2.44. The van der Waals surface area contributed by atoms with Crippen molar-refractivity contribution in [2.75, 3.05) is 4.90 Å². The van der Waals surface area contributed by atoms with Gasteiger partial charge in [0.1, 0.15) is 0 Å². The van der Waals surface area contributed by atoms with Crippen LogP contribution >= 0.6 is 11.3 Å². The number of anilines is 3. The molecule has 0 amide bonds. The fourth-order valence-electron chi connectivity index (χ4n) is 8.29. The van der Waals surface area contributed by atoms with Crippen LogP contribution in [0.15, 0.2) is 182 Å². The number of nitrogens with zero attached hydrogens (tertiary/aromatic N) is 2. The monoisotopic (exact) mass is 666 g/mol. The van der Waals surface area contributed by atoms with E-state index in [2.05, 4.69) is 191 Å². The third-order valence-corrected chi connectivity index (χ3v) is 11.7. The maximum Gasteiger partial charge on any atom is 0.0561 e. The molecule has 0 fully saturated rings.